The molecule has 1 N–H and O–H groups in total. The molecule has 5 heteroatoms. The van der Waals surface area contributed by atoms with Crippen LogP contribution in [0.5, 0.6) is 0 Å². The number of nitrogens with zero attached hydrogens (tertiary/aromatic N) is 4. The first-order chi connectivity index (χ1) is 10.7. The number of likely N-dealkylation sites (tertiary alicyclic amines) is 1. The van der Waals surface area contributed by atoms with Crippen molar-refractivity contribution >= 4 is 5.82 Å². The van der Waals surface area contributed by atoms with Crippen molar-refractivity contribution in [3.63, 3.8) is 0 Å². The van der Waals surface area contributed by atoms with Gasteiger partial charge in [0.1, 0.15) is 5.82 Å². The third-order valence-electron chi connectivity index (χ3n) is 5.29. The Morgan fingerprint density at radius 1 is 1.18 bits per heavy atom. The van der Waals surface area contributed by atoms with E-state index in [9.17, 15) is 5.11 Å². The van der Waals surface area contributed by atoms with Gasteiger partial charge >= 0.3 is 0 Å². The third kappa shape index (κ3) is 3.26. The third-order valence-corrected chi connectivity index (χ3v) is 5.29. The lowest BCUT2D eigenvalue weighted by Gasteiger charge is -2.41. The van der Waals surface area contributed by atoms with E-state index in [4.69, 9.17) is 0 Å². The zero-order chi connectivity index (χ0) is 15.5. The van der Waals surface area contributed by atoms with E-state index in [2.05, 4.69) is 39.8 Å². The standard InChI is InChI=1S/C17H28N4O/c1-19-9-5-15(6-10-19)21-11-7-16(13-22)20(2)17-14(12-21)4-3-8-18-17/h3-4,8,15-16,22H,5-7,9-13H2,1-2H3. The summed E-state index contributed by atoms with van der Waals surface area (Å²) >= 11 is 0. The highest BCUT2D eigenvalue weighted by Crippen LogP contribution is 2.27. The van der Waals surface area contributed by atoms with E-state index in [0.717, 1.165) is 25.3 Å². The average molecular weight is 304 g/mol. The largest absolute Gasteiger partial charge is 0.394 e. The number of hydrogen-bond acceptors (Lipinski definition) is 5. The maximum absolute atomic E-state index is 9.74. The van der Waals surface area contributed by atoms with Crippen LogP contribution >= 0.6 is 0 Å². The van der Waals surface area contributed by atoms with Crippen molar-refractivity contribution in [3.05, 3.63) is 23.9 Å². The molecule has 0 saturated carbocycles. The minimum absolute atomic E-state index is 0.155. The monoisotopic (exact) mass is 304 g/mol. The SMILES string of the molecule is CN1CCC(N2CCC(CO)N(C)c3ncccc3C2)CC1. The molecule has 1 atom stereocenters. The Kier molecular flexibility index (Phi) is 4.96. The van der Waals surface area contributed by atoms with E-state index in [-0.39, 0.29) is 12.6 Å². The van der Waals surface area contributed by atoms with Crippen molar-refractivity contribution in [3.8, 4) is 0 Å². The number of rotatable bonds is 2. The van der Waals surface area contributed by atoms with E-state index in [1.807, 2.05) is 12.3 Å². The quantitative estimate of drug-likeness (QED) is 0.889. The molecular formula is C17H28N4O. The molecule has 5 nitrogen and oxygen atoms in total. The Labute approximate surface area is 133 Å². The van der Waals surface area contributed by atoms with Gasteiger partial charge in [-0.3, -0.25) is 4.90 Å². The Bertz CT molecular complexity index is 487. The first kappa shape index (κ1) is 15.7. The first-order valence-corrected chi connectivity index (χ1v) is 8.39. The van der Waals surface area contributed by atoms with Crippen LogP contribution in [0.4, 0.5) is 5.82 Å². The number of piperidine rings is 1. The molecule has 0 aliphatic carbocycles. The molecule has 1 fully saturated rings. The molecule has 3 heterocycles. The highest BCUT2D eigenvalue weighted by atomic mass is 16.3. The lowest BCUT2D eigenvalue weighted by molar-refractivity contribution is 0.105. The molecule has 0 amide bonds. The molecule has 122 valence electrons. The summed E-state index contributed by atoms with van der Waals surface area (Å²) in [5.41, 5.74) is 1.28. The van der Waals surface area contributed by atoms with Crippen LogP contribution in [0.15, 0.2) is 18.3 Å². The van der Waals surface area contributed by atoms with Crippen LogP contribution in [0.1, 0.15) is 24.8 Å². The number of fused-ring (bicyclic) bond motifs is 1. The van der Waals surface area contributed by atoms with Gasteiger partial charge in [-0.2, -0.15) is 0 Å². The van der Waals surface area contributed by atoms with E-state index >= 15 is 0 Å². The number of aliphatic hydroxyl groups is 1. The van der Waals surface area contributed by atoms with Crippen LogP contribution in [0.25, 0.3) is 0 Å². The molecule has 1 saturated heterocycles. The number of aliphatic hydroxyl groups excluding tert-OH is 1. The minimum atomic E-state index is 0.155. The number of hydrogen-bond donors (Lipinski definition) is 1. The van der Waals surface area contributed by atoms with Crippen molar-refractivity contribution in [2.75, 3.05) is 45.2 Å². The van der Waals surface area contributed by atoms with Gasteiger partial charge in [0.2, 0.25) is 0 Å². The predicted octanol–water partition coefficient (Wildman–Crippen LogP) is 1.18. The van der Waals surface area contributed by atoms with Crippen molar-refractivity contribution in [2.24, 2.45) is 0 Å². The van der Waals surface area contributed by atoms with Crippen molar-refractivity contribution < 1.29 is 5.11 Å². The highest BCUT2D eigenvalue weighted by Gasteiger charge is 2.28. The molecule has 1 aromatic rings. The van der Waals surface area contributed by atoms with Crippen molar-refractivity contribution in [1.29, 1.82) is 0 Å². The van der Waals surface area contributed by atoms with Gasteiger partial charge in [0.05, 0.1) is 12.6 Å². The lowest BCUT2D eigenvalue weighted by Crippen LogP contribution is -2.47. The number of anilines is 1. The van der Waals surface area contributed by atoms with Crippen LogP contribution in [-0.4, -0.2) is 72.3 Å². The second kappa shape index (κ2) is 6.94. The summed E-state index contributed by atoms with van der Waals surface area (Å²) in [6.07, 6.45) is 5.33. The summed E-state index contributed by atoms with van der Waals surface area (Å²) in [5, 5.41) is 9.74. The van der Waals surface area contributed by atoms with Crippen LogP contribution < -0.4 is 4.90 Å². The van der Waals surface area contributed by atoms with Gasteiger partial charge < -0.3 is 14.9 Å². The Morgan fingerprint density at radius 3 is 2.68 bits per heavy atom. The Hall–Kier alpha value is -1.17. The fraction of sp³-hybridized carbons (Fsp3) is 0.706. The molecule has 0 radical (unpaired) electrons. The average Bonchev–Trinajstić information content (AvgIpc) is 2.54. The van der Waals surface area contributed by atoms with E-state index in [1.54, 1.807) is 0 Å². The Morgan fingerprint density at radius 2 is 1.95 bits per heavy atom. The number of aromatic nitrogens is 1. The van der Waals surface area contributed by atoms with Crippen LogP contribution in [0.2, 0.25) is 0 Å². The van der Waals surface area contributed by atoms with Gasteiger partial charge in [-0.1, -0.05) is 6.07 Å². The Balaban J connectivity index is 1.82. The second-order valence-electron chi connectivity index (χ2n) is 6.73. The fourth-order valence-electron chi connectivity index (χ4n) is 3.74. The molecular weight excluding hydrogens is 276 g/mol. The summed E-state index contributed by atoms with van der Waals surface area (Å²) in [5.74, 6) is 1.03. The molecule has 3 rings (SSSR count). The zero-order valence-corrected chi connectivity index (χ0v) is 13.8. The summed E-state index contributed by atoms with van der Waals surface area (Å²) in [7, 11) is 4.26. The topological polar surface area (TPSA) is 42.8 Å². The summed E-state index contributed by atoms with van der Waals surface area (Å²) < 4.78 is 0. The fourth-order valence-corrected chi connectivity index (χ4v) is 3.74. The molecule has 0 spiro atoms. The smallest absolute Gasteiger partial charge is 0.133 e. The van der Waals surface area contributed by atoms with Crippen molar-refractivity contribution in [2.45, 2.75) is 37.9 Å². The number of pyridine rings is 1. The zero-order valence-electron chi connectivity index (χ0n) is 13.8. The summed E-state index contributed by atoms with van der Waals surface area (Å²) in [4.78, 5) is 11.8. The van der Waals surface area contributed by atoms with E-state index in [1.165, 1.54) is 31.5 Å². The van der Waals surface area contributed by atoms with E-state index < -0.39 is 0 Å². The molecule has 1 aromatic heterocycles. The highest BCUT2D eigenvalue weighted by molar-refractivity contribution is 5.47. The second-order valence-corrected chi connectivity index (χ2v) is 6.73. The predicted molar refractivity (Wildman–Crippen MR) is 89.1 cm³/mol. The van der Waals surface area contributed by atoms with Gasteiger partial charge in [-0.25, -0.2) is 4.98 Å². The molecule has 2 aliphatic heterocycles. The van der Waals surface area contributed by atoms with Crippen LogP contribution in [-0.2, 0) is 6.54 Å². The van der Waals surface area contributed by atoms with Gasteiger partial charge in [-0.15, -0.1) is 0 Å². The molecule has 2 aliphatic rings. The van der Waals surface area contributed by atoms with Gasteiger partial charge in [0.15, 0.2) is 0 Å². The summed E-state index contributed by atoms with van der Waals surface area (Å²) in [6.45, 7) is 4.58. The molecule has 22 heavy (non-hydrogen) atoms. The lowest BCUT2D eigenvalue weighted by atomic mass is 10.00. The maximum atomic E-state index is 9.74. The molecule has 1 unspecified atom stereocenters. The van der Waals surface area contributed by atoms with Gasteiger partial charge in [0, 0.05) is 37.9 Å². The minimum Gasteiger partial charge on any atom is -0.394 e. The molecule has 0 aromatic carbocycles. The van der Waals surface area contributed by atoms with Crippen LogP contribution in [0, 0.1) is 0 Å². The number of likely N-dealkylation sites (N-methyl/N-ethyl adjacent to an activating group) is 1. The van der Waals surface area contributed by atoms with Crippen molar-refractivity contribution in [1.82, 2.24) is 14.8 Å². The maximum Gasteiger partial charge on any atom is 0.133 e. The normalized spacial score (nSPS) is 25.6. The van der Waals surface area contributed by atoms with Gasteiger partial charge in [0.25, 0.3) is 0 Å². The molecule has 0 bridgehead atoms. The van der Waals surface area contributed by atoms with Gasteiger partial charge in [-0.05, 0) is 45.5 Å². The van der Waals surface area contributed by atoms with Crippen LogP contribution in [0.3, 0.4) is 0 Å². The summed E-state index contributed by atoms with van der Waals surface area (Å²) in [6, 6.07) is 5.02. The van der Waals surface area contributed by atoms with E-state index in [0.29, 0.717) is 6.04 Å². The first-order valence-electron chi connectivity index (χ1n) is 8.39.